The molecule has 8 N–H and O–H groups in total. The van der Waals surface area contributed by atoms with Crippen LogP contribution in [-0.2, 0) is 38.0 Å². The minimum absolute atomic E-state index is 0.0577. The van der Waals surface area contributed by atoms with Gasteiger partial charge < -0.3 is 56.3 Å². The summed E-state index contributed by atoms with van der Waals surface area (Å²) >= 11 is 0. The van der Waals surface area contributed by atoms with E-state index >= 15 is 0 Å². The zero-order valence-electron chi connectivity index (χ0n) is 20.3. The van der Waals surface area contributed by atoms with Gasteiger partial charge in [0.05, 0.1) is 79.3 Å². The second-order valence-corrected chi connectivity index (χ2v) is 7.12. The van der Waals surface area contributed by atoms with Crippen LogP contribution in [0.15, 0.2) is 0 Å². The molecule has 13 heteroatoms. The number of rotatable bonds is 26. The molecule has 0 aliphatic carbocycles. The standard InChI is InChI=1S/C21H45N5O8/c22-1-5-29-9-13-33-15-11-31-7-3-25-20(27)17-19(24)18-21(28)26-4-8-32-12-16-34-14-10-30-6-2-23/h19H,1-18,22-24H2,(H,25,27)(H,26,28). The van der Waals surface area contributed by atoms with Crippen LogP contribution in [0.1, 0.15) is 12.8 Å². The van der Waals surface area contributed by atoms with Crippen molar-refractivity contribution in [3.8, 4) is 0 Å². The molecule has 0 spiro atoms. The summed E-state index contributed by atoms with van der Waals surface area (Å²) < 4.78 is 31.7. The third-order valence-corrected chi connectivity index (χ3v) is 4.04. The van der Waals surface area contributed by atoms with E-state index in [1.54, 1.807) is 0 Å². The van der Waals surface area contributed by atoms with Gasteiger partial charge in [-0.2, -0.15) is 0 Å². The van der Waals surface area contributed by atoms with E-state index in [2.05, 4.69) is 10.6 Å². The number of amides is 2. The van der Waals surface area contributed by atoms with Crippen LogP contribution in [0, 0.1) is 0 Å². The SMILES string of the molecule is NCCOCCOCCOCCNC(=O)CC(N)CC(=O)NCCOCCOCCOCCN. The van der Waals surface area contributed by atoms with Crippen molar-refractivity contribution < 1.29 is 38.0 Å². The van der Waals surface area contributed by atoms with Crippen LogP contribution in [0.4, 0.5) is 0 Å². The molecule has 0 aliphatic heterocycles. The molecular weight excluding hydrogens is 450 g/mol. The van der Waals surface area contributed by atoms with Gasteiger partial charge in [0.15, 0.2) is 0 Å². The lowest BCUT2D eigenvalue weighted by Gasteiger charge is -2.12. The molecule has 34 heavy (non-hydrogen) atoms. The molecule has 0 rings (SSSR count). The van der Waals surface area contributed by atoms with Crippen LogP contribution < -0.4 is 27.8 Å². The average Bonchev–Trinajstić information content (AvgIpc) is 2.80. The summed E-state index contributed by atoms with van der Waals surface area (Å²) in [4.78, 5) is 23.8. The highest BCUT2D eigenvalue weighted by Crippen LogP contribution is 1.95. The maximum Gasteiger partial charge on any atom is 0.221 e. The van der Waals surface area contributed by atoms with Gasteiger partial charge in [-0.05, 0) is 0 Å². The van der Waals surface area contributed by atoms with Crippen LogP contribution in [0.3, 0.4) is 0 Å². The molecule has 0 saturated carbocycles. The van der Waals surface area contributed by atoms with E-state index in [1.165, 1.54) is 0 Å². The molecule has 0 saturated heterocycles. The van der Waals surface area contributed by atoms with Gasteiger partial charge >= 0.3 is 0 Å². The molecule has 0 radical (unpaired) electrons. The first-order valence-electron chi connectivity index (χ1n) is 11.8. The largest absolute Gasteiger partial charge is 0.378 e. The topological polar surface area (TPSA) is 192 Å². The number of hydrogen-bond acceptors (Lipinski definition) is 11. The van der Waals surface area contributed by atoms with Crippen molar-refractivity contribution in [1.29, 1.82) is 0 Å². The fourth-order valence-corrected chi connectivity index (χ4v) is 2.47. The van der Waals surface area contributed by atoms with Crippen molar-refractivity contribution in [2.75, 3.05) is 105 Å². The highest BCUT2D eigenvalue weighted by molar-refractivity contribution is 5.80. The van der Waals surface area contributed by atoms with Crippen molar-refractivity contribution in [1.82, 2.24) is 10.6 Å². The van der Waals surface area contributed by atoms with Gasteiger partial charge in [0.2, 0.25) is 11.8 Å². The Morgan fingerprint density at radius 2 is 0.824 bits per heavy atom. The number of nitrogens with one attached hydrogen (secondary N) is 2. The third kappa shape index (κ3) is 25.2. The highest BCUT2D eigenvalue weighted by Gasteiger charge is 2.13. The molecule has 0 atom stereocenters. The van der Waals surface area contributed by atoms with E-state index in [4.69, 9.17) is 45.6 Å². The minimum Gasteiger partial charge on any atom is -0.378 e. The van der Waals surface area contributed by atoms with Gasteiger partial charge in [-0.1, -0.05) is 0 Å². The number of carbonyl (C=O) groups is 2. The molecule has 2 amide bonds. The van der Waals surface area contributed by atoms with Gasteiger partial charge in [0.1, 0.15) is 0 Å². The third-order valence-electron chi connectivity index (χ3n) is 4.04. The predicted molar refractivity (Wildman–Crippen MR) is 126 cm³/mol. The smallest absolute Gasteiger partial charge is 0.221 e. The van der Waals surface area contributed by atoms with E-state index in [9.17, 15) is 9.59 Å². The molecule has 0 aliphatic rings. The van der Waals surface area contributed by atoms with Crippen LogP contribution in [-0.4, -0.2) is 123 Å². The number of ether oxygens (including phenoxy) is 6. The van der Waals surface area contributed by atoms with Crippen molar-refractivity contribution in [2.24, 2.45) is 17.2 Å². The van der Waals surface area contributed by atoms with Crippen LogP contribution >= 0.6 is 0 Å². The summed E-state index contributed by atoms with van der Waals surface area (Å²) in [5.74, 6) is -0.456. The molecule has 202 valence electrons. The van der Waals surface area contributed by atoms with Gasteiger partial charge in [0, 0.05) is 45.1 Å². The summed E-state index contributed by atoms with van der Waals surface area (Å²) in [6.07, 6.45) is 0.115. The Balaban J connectivity index is 3.45. The summed E-state index contributed by atoms with van der Waals surface area (Å²) in [5, 5.41) is 5.42. The first-order valence-corrected chi connectivity index (χ1v) is 11.8. The van der Waals surface area contributed by atoms with Gasteiger partial charge in [0.25, 0.3) is 0 Å². The lowest BCUT2D eigenvalue weighted by molar-refractivity contribution is -0.123. The van der Waals surface area contributed by atoms with E-state index in [0.29, 0.717) is 105 Å². The summed E-state index contributed by atoms with van der Waals surface area (Å²) in [6.45, 7) is 7.19. The van der Waals surface area contributed by atoms with Crippen molar-refractivity contribution in [3.05, 3.63) is 0 Å². The minimum atomic E-state index is -0.563. The molecule has 13 nitrogen and oxygen atoms in total. The normalized spacial score (nSPS) is 11.2. The highest BCUT2D eigenvalue weighted by atomic mass is 16.5. The second-order valence-electron chi connectivity index (χ2n) is 7.12. The number of carbonyl (C=O) groups excluding carboxylic acids is 2. The maximum atomic E-state index is 11.9. The first-order chi connectivity index (χ1) is 16.6. The Bertz CT molecular complexity index is 436. The molecule has 0 bridgehead atoms. The van der Waals surface area contributed by atoms with Crippen molar-refractivity contribution >= 4 is 11.8 Å². The Kier molecular flexibility index (Phi) is 25.1. The fourth-order valence-electron chi connectivity index (χ4n) is 2.47. The summed E-state index contributed by atoms with van der Waals surface area (Å²) in [7, 11) is 0. The molecular formula is C21H45N5O8. The van der Waals surface area contributed by atoms with Crippen molar-refractivity contribution in [3.63, 3.8) is 0 Å². The number of nitrogens with two attached hydrogens (primary N) is 3. The van der Waals surface area contributed by atoms with Crippen LogP contribution in [0.2, 0.25) is 0 Å². The predicted octanol–water partition coefficient (Wildman–Crippen LogP) is -2.66. The lowest BCUT2D eigenvalue weighted by Crippen LogP contribution is -2.37. The fraction of sp³-hybridized carbons (Fsp3) is 0.905. The Morgan fingerprint density at radius 1 is 0.529 bits per heavy atom. The molecule has 0 aromatic rings. The van der Waals surface area contributed by atoms with Crippen LogP contribution in [0.25, 0.3) is 0 Å². The zero-order chi connectivity index (χ0) is 25.1. The summed E-state index contributed by atoms with van der Waals surface area (Å²) in [6, 6.07) is -0.563. The Labute approximate surface area is 202 Å². The maximum absolute atomic E-state index is 11.9. The van der Waals surface area contributed by atoms with Gasteiger partial charge in [-0.15, -0.1) is 0 Å². The monoisotopic (exact) mass is 495 g/mol. The van der Waals surface area contributed by atoms with E-state index < -0.39 is 6.04 Å². The molecule has 0 aromatic heterocycles. The molecule has 0 fully saturated rings. The molecule has 0 aromatic carbocycles. The molecule has 0 heterocycles. The molecule has 0 unspecified atom stereocenters. The van der Waals surface area contributed by atoms with Gasteiger partial charge in [-0.25, -0.2) is 0 Å². The van der Waals surface area contributed by atoms with E-state index in [-0.39, 0.29) is 24.7 Å². The quantitative estimate of drug-likeness (QED) is 0.0787. The van der Waals surface area contributed by atoms with Gasteiger partial charge in [-0.3, -0.25) is 9.59 Å². The van der Waals surface area contributed by atoms with E-state index in [0.717, 1.165) is 0 Å². The van der Waals surface area contributed by atoms with E-state index in [1.807, 2.05) is 0 Å². The zero-order valence-corrected chi connectivity index (χ0v) is 20.3. The second kappa shape index (κ2) is 26.2. The lowest BCUT2D eigenvalue weighted by atomic mass is 10.1. The Morgan fingerprint density at radius 3 is 1.15 bits per heavy atom. The summed E-state index contributed by atoms with van der Waals surface area (Å²) in [5.41, 5.74) is 16.5. The average molecular weight is 496 g/mol. The van der Waals surface area contributed by atoms with Crippen LogP contribution in [0.5, 0.6) is 0 Å². The number of hydrogen-bond donors (Lipinski definition) is 5. The first kappa shape index (κ1) is 32.6. The van der Waals surface area contributed by atoms with Crippen molar-refractivity contribution in [2.45, 2.75) is 18.9 Å². The Hall–Kier alpha value is -1.42.